The number of Topliss-reactive ketones (excluding diaryl/α,β-unsaturated/α-hetero) is 1. The molecule has 0 saturated heterocycles. The molecule has 0 spiro atoms. The first-order valence-corrected chi connectivity index (χ1v) is 9.63. The Balaban J connectivity index is 1.50. The van der Waals surface area contributed by atoms with E-state index in [1.165, 1.54) is 0 Å². The first-order valence-electron chi connectivity index (χ1n) is 9.63. The van der Waals surface area contributed by atoms with Gasteiger partial charge < -0.3 is 14.6 Å². The standard InChI is InChI=1S/C23H21N3O2/c27-21(15-28-22-10-12-25-18-7-3-1-5-16(18)22)23-17-6-2-4-8-19(17)26-14-13-24-11-9-20(23)26/h1-8,10,12,24H,9,11,13-15H2. The smallest absolute Gasteiger partial charge is 0.202 e. The third-order valence-electron chi connectivity index (χ3n) is 5.38. The summed E-state index contributed by atoms with van der Waals surface area (Å²) in [6.45, 7) is 2.69. The van der Waals surface area contributed by atoms with E-state index in [0.29, 0.717) is 5.75 Å². The Labute approximate surface area is 162 Å². The van der Waals surface area contributed by atoms with E-state index in [1.54, 1.807) is 6.20 Å². The lowest BCUT2D eigenvalue weighted by atomic mass is 10.1. The number of carbonyl (C=O) groups is 1. The summed E-state index contributed by atoms with van der Waals surface area (Å²) in [7, 11) is 0. The Hall–Kier alpha value is -3.18. The summed E-state index contributed by atoms with van der Waals surface area (Å²) >= 11 is 0. The summed E-state index contributed by atoms with van der Waals surface area (Å²) in [6.07, 6.45) is 2.56. The quantitative estimate of drug-likeness (QED) is 0.557. The highest BCUT2D eigenvalue weighted by atomic mass is 16.5. The molecule has 1 aliphatic heterocycles. The van der Waals surface area contributed by atoms with Crippen molar-refractivity contribution in [1.82, 2.24) is 14.9 Å². The highest BCUT2D eigenvalue weighted by molar-refractivity contribution is 6.10. The molecule has 0 unspecified atom stereocenters. The fourth-order valence-corrected chi connectivity index (χ4v) is 4.12. The zero-order valence-corrected chi connectivity index (χ0v) is 15.5. The number of hydrogen-bond acceptors (Lipinski definition) is 4. The monoisotopic (exact) mass is 371 g/mol. The van der Waals surface area contributed by atoms with Gasteiger partial charge in [0.1, 0.15) is 5.75 Å². The van der Waals surface area contributed by atoms with Crippen molar-refractivity contribution >= 4 is 27.6 Å². The number of carbonyl (C=O) groups excluding carboxylic acids is 1. The number of hydrogen-bond donors (Lipinski definition) is 1. The highest BCUT2D eigenvalue weighted by Crippen LogP contribution is 2.29. The van der Waals surface area contributed by atoms with Crippen molar-refractivity contribution in [3.8, 4) is 5.75 Å². The molecule has 5 nitrogen and oxygen atoms in total. The number of fused-ring (bicyclic) bond motifs is 4. The van der Waals surface area contributed by atoms with Crippen LogP contribution in [0.25, 0.3) is 21.8 Å². The van der Waals surface area contributed by atoms with Crippen LogP contribution in [0, 0.1) is 0 Å². The number of ketones is 1. The first kappa shape index (κ1) is 17.0. The van der Waals surface area contributed by atoms with Crippen molar-refractivity contribution in [2.45, 2.75) is 13.0 Å². The van der Waals surface area contributed by atoms with Crippen LogP contribution < -0.4 is 10.1 Å². The molecule has 0 saturated carbocycles. The van der Waals surface area contributed by atoms with Gasteiger partial charge in [0.25, 0.3) is 0 Å². The van der Waals surface area contributed by atoms with Crippen LogP contribution in [0.4, 0.5) is 0 Å². The van der Waals surface area contributed by atoms with Gasteiger partial charge in [0.05, 0.1) is 11.1 Å². The Morgan fingerprint density at radius 3 is 2.79 bits per heavy atom. The fourth-order valence-electron chi connectivity index (χ4n) is 4.12. The predicted octanol–water partition coefficient (Wildman–Crippen LogP) is 3.60. The molecule has 2 aromatic carbocycles. The molecule has 0 fully saturated rings. The van der Waals surface area contributed by atoms with E-state index in [4.69, 9.17) is 4.74 Å². The molecule has 0 atom stereocenters. The van der Waals surface area contributed by atoms with Crippen molar-refractivity contribution < 1.29 is 9.53 Å². The van der Waals surface area contributed by atoms with E-state index in [1.807, 2.05) is 48.5 Å². The van der Waals surface area contributed by atoms with E-state index < -0.39 is 0 Å². The van der Waals surface area contributed by atoms with Crippen LogP contribution in [0.2, 0.25) is 0 Å². The first-order chi connectivity index (χ1) is 13.8. The lowest BCUT2D eigenvalue weighted by Crippen LogP contribution is -2.18. The maximum atomic E-state index is 13.2. The van der Waals surface area contributed by atoms with Crippen LogP contribution in [-0.2, 0) is 13.0 Å². The molecule has 0 amide bonds. The SMILES string of the molecule is O=C(COc1ccnc2ccccc12)c1c2n(c3ccccc13)CCNCC2. The van der Waals surface area contributed by atoms with Gasteiger partial charge in [-0.25, -0.2) is 0 Å². The van der Waals surface area contributed by atoms with Crippen LogP contribution in [0.15, 0.2) is 60.8 Å². The van der Waals surface area contributed by atoms with E-state index >= 15 is 0 Å². The minimum Gasteiger partial charge on any atom is -0.485 e. The lowest BCUT2D eigenvalue weighted by molar-refractivity contribution is 0.0923. The van der Waals surface area contributed by atoms with Gasteiger partial charge in [-0.05, 0) is 24.3 Å². The fraction of sp³-hybridized carbons (Fsp3) is 0.217. The van der Waals surface area contributed by atoms with Gasteiger partial charge in [0, 0.05) is 54.2 Å². The largest absolute Gasteiger partial charge is 0.485 e. The van der Waals surface area contributed by atoms with E-state index in [0.717, 1.165) is 59.1 Å². The number of nitrogens with zero attached hydrogens (tertiary/aromatic N) is 2. The molecule has 5 rings (SSSR count). The molecule has 28 heavy (non-hydrogen) atoms. The van der Waals surface area contributed by atoms with Crippen molar-refractivity contribution in [2.24, 2.45) is 0 Å². The Morgan fingerprint density at radius 2 is 1.86 bits per heavy atom. The summed E-state index contributed by atoms with van der Waals surface area (Å²) in [6, 6.07) is 17.8. The third-order valence-corrected chi connectivity index (χ3v) is 5.38. The number of para-hydroxylation sites is 2. The topological polar surface area (TPSA) is 56.1 Å². The molecule has 0 radical (unpaired) electrons. The normalized spacial score (nSPS) is 14.0. The number of nitrogens with one attached hydrogen (secondary N) is 1. The second-order valence-corrected chi connectivity index (χ2v) is 7.03. The van der Waals surface area contributed by atoms with Crippen LogP contribution in [0.1, 0.15) is 16.1 Å². The van der Waals surface area contributed by atoms with E-state index in [9.17, 15) is 4.79 Å². The molecule has 0 bridgehead atoms. The zero-order chi connectivity index (χ0) is 18.9. The van der Waals surface area contributed by atoms with Gasteiger partial charge in [-0.1, -0.05) is 30.3 Å². The molecule has 2 aromatic heterocycles. The molecule has 4 aromatic rings. The molecule has 140 valence electrons. The van der Waals surface area contributed by atoms with Gasteiger partial charge in [0.15, 0.2) is 6.61 Å². The average Bonchev–Trinajstić information content (AvgIpc) is 2.87. The van der Waals surface area contributed by atoms with Crippen LogP contribution in [0.3, 0.4) is 0 Å². The third kappa shape index (κ3) is 2.84. The molecule has 5 heteroatoms. The van der Waals surface area contributed by atoms with Gasteiger partial charge in [-0.15, -0.1) is 0 Å². The minimum absolute atomic E-state index is 0.0163. The molecular weight excluding hydrogens is 350 g/mol. The van der Waals surface area contributed by atoms with Crippen LogP contribution in [-0.4, -0.2) is 35.0 Å². The summed E-state index contributed by atoms with van der Waals surface area (Å²) in [5, 5.41) is 5.36. The summed E-state index contributed by atoms with van der Waals surface area (Å²) in [4.78, 5) is 17.6. The van der Waals surface area contributed by atoms with Crippen LogP contribution in [0.5, 0.6) is 5.75 Å². The summed E-state index contributed by atoms with van der Waals surface area (Å²) in [5.74, 6) is 0.711. The Kier molecular flexibility index (Phi) is 4.29. The number of aromatic nitrogens is 2. The predicted molar refractivity (Wildman–Crippen MR) is 110 cm³/mol. The number of pyridine rings is 1. The van der Waals surface area contributed by atoms with Crippen molar-refractivity contribution in [3.63, 3.8) is 0 Å². The Morgan fingerprint density at radius 1 is 1.04 bits per heavy atom. The average molecular weight is 371 g/mol. The van der Waals surface area contributed by atoms with Crippen molar-refractivity contribution in [3.05, 3.63) is 72.1 Å². The molecular formula is C23H21N3O2. The Bertz CT molecular complexity index is 1170. The van der Waals surface area contributed by atoms with Gasteiger partial charge in [-0.3, -0.25) is 9.78 Å². The second-order valence-electron chi connectivity index (χ2n) is 7.03. The summed E-state index contributed by atoms with van der Waals surface area (Å²) < 4.78 is 8.24. The second kappa shape index (κ2) is 7.09. The maximum absolute atomic E-state index is 13.2. The number of ether oxygens (including phenoxy) is 1. The number of rotatable bonds is 4. The van der Waals surface area contributed by atoms with Crippen molar-refractivity contribution in [1.29, 1.82) is 0 Å². The molecule has 1 aliphatic rings. The van der Waals surface area contributed by atoms with E-state index in [2.05, 4.69) is 20.9 Å². The van der Waals surface area contributed by atoms with Crippen LogP contribution >= 0.6 is 0 Å². The highest BCUT2D eigenvalue weighted by Gasteiger charge is 2.23. The van der Waals surface area contributed by atoms with Gasteiger partial charge in [-0.2, -0.15) is 0 Å². The zero-order valence-electron chi connectivity index (χ0n) is 15.5. The minimum atomic E-state index is 0.0163. The lowest BCUT2D eigenvalue weighted by Gasteiger charge is -2.10. The van der Waals surface area contributed by atoms with E-state index in [-0.39, 0.29) is 12.4 Å². The molecule has 3 heterocycles. The number of benzene rings is 2. The van der Waals surface area contributed by atoms with Gasteiger partial charge >= 0.3 is 0 Å². The summed E-state index contributed by atoms with van der Waals surface area (Å²) in [5.41, 5.74) is 3.90. The molecule has 1 N–H and O–H groups in total. The van der Waals surface area contributed by atoms with Crippen molar-refractivity contribution in [2.75, 3.05) is 19.7 Å². The van der Waals surface area contributed by atoms with Gasteiger partial charge in [0.2, 0.25) is 5.78 Å². The molecule has 0 aliphatic carbocycles. The maximum Gasteiger partial charge on any atom is 0.202 e.